The number of benzene rings is 1. The summed E-state index contributed by atoms with van der Waals surface area (Å²) in [6, 6.07) is 5.97. The molecule has 7 N–H and O–H groups in total. The number of aliphatic hydroxyl groups excluding tert-OH is 3. The molecule has 2 rings (SSSR count). The number of nitrogen functional groups attached to an aromatic ring is 1. The summed E-state index contributed by atoms with van der Waals surface area (Å²) in [6.45, 7) is -0.0867. The van der Waals surface area contributed by atoms with Crippen LogP contribution in [0.25, 0.3) is 0 Å². The Labute approximate surface area is 122 Å². The van der Waals surface area contributed by atoms with Crippen molar-refractivity contribution in [1.82, 2.24) is 10.6 Å². The molecule has 21 heavy (non-hydrogen) atoms. The van der Waals surface area contributed by atoms with Gasteiger partial charge in [0.25, 0.3) is 0 Å². The van der Waals surface area contributed by atoms with Crippen molar-refractivity contribution < 1.29 is 20.1 Å². The number of rotatable bonds is 5. The number of hydrogen-bond acceptors (Lipinski definition) is 6. The fourth-order valence-electron chi connectivity index (χ4n) is 2.40. The normalized spacial score (nSPS) is 28.5. The number of hydrogen-bond donors (Lipinski definition) is 6. The highest BCUT2D eigenvalue weighted by Crippen LogP contribution is 2.13. The van der Waals surface area contributed by atoms with Crippen LogP contribution in [0.15, 0.2) is 24.3 Å². The first kappa shape index (κ1) is 15.7. The van der Waals surface area contributed by atoms with Crippen LogP contribution in [0.5, 0.6) is 0 Å². The zero-order valence-corrected chi connectivity index (χ0v) is 11.6. The maximum Gasteiger partial charge on any atom is 0.224 e. The molecule has 1 aliphatic heterocycles. The zero-order chi connectivity index (χ0) is 15.4. The lowest BCUT2D eigenvalue weighted by Crippen LogP contribution is -2.44. The molecule has 7 nitrogen and oxygen atoms in total. The van der Waals surface area contributed by atoms with E-state index in [2.05, 4.69) is 10.6 Å². The van der Waals surface area contributed by atoms with E-state index >= 15 is 0 Å². The van der Waals surface area contributed by atoms with E-state index in [0.29, 0.717) is 5.69 Å². The molecule has 0 aliphatic carbocycles. The molecule has 1 fully saturated rings. The van der Waals surface area contributed by atoms with Crippen molar-refractivity contribution in [3.05, 3.63) is 29.8 Å². The summed E-state index contributed by atoms with van der Waals surface area (Å²) < 4.78 is 0. The summed E-state index contributed by atoms with van der Waals surface area (Å²) in [4.78, 5) is 11.8. The lowest BCUT2D eigenvalue weighted by molar-refractivity contribution is -0.120. The fourth-order valence-corrected chi connectivity index (χ4v) is 2.40. The molecule has 4 atom stereocenters. The molecule has 0 aromatic heterocycles. The van der Waals surface area contributed by atoms with E-state index in [-0.39, 0.29) is 25.5 Å². The third kappa shape index (κ3) is 3.92. The van der Waals surface area contributed by atoms with E-state index in [9.17, 15) is 15.0 Å². The van der Waals surface area contributed by atoms with Crippen LogP contribution in [0.3, 0.4) is 0 Å². The van der Waals surface area contributed by atoms with E-state index in [1.807, 2.05) is 0 Å². The molecule has 7 heteroatoms. The standard InChI is InChI=1S/C14H21N3O4/c15-9-3-1-8(2-4-9)5-12(19)16-6-10-13(20)14(21)11(7-18)17-10/h1-4,10-11,13-14,17-18,20-21H,5-7,15H2,(H,16,19)/t10-,11-,13-,14-/m1/s1. The second-order valence-electron chi connectivity index (χ2n) is 5.27. The van der Waals surface area contributed by atoms with Crippen molar-refractivity contribution in [2.24, 2.45) is 0 Å². The SMILES string of the molecule is Nc1ccc(CC(=O)NC[C@H]2N[C@H](CO)[C@@H](O)[C@@H]2O)cc1. The number of amides is 1. The van der Waals surface area contributed by atoms with Gasteiger partial charge in [0.2, 0.25) is 5.91 Å². The van der Waals surface area contributed by atoms with Gasteiger partial charge in [0, 0.05) is 12.2 Å². The topological polar surface area (TPSA) is 128 Å². The average molecular weight is 295 g/mol. The van der Waals surface area contributed by atoms with Crippen molar-refractivity contribution in [3.8, 4) is 0 Å². The Hall–Kier alpha value is -1.67. The quantitative estimate of drug-likeness (QED) is 0.348. The van der Waals surface area contributed by atoms with Crippen molar-refractivity contribution in [3.63, 3.8) is 0 Å². The number of nitrogens with one attached hydrogen (secondary N) is 2. The third-order valence-corrected chi connectivity index (χ3v) is 3.66. The molecule has 1 aromatic rings. The third-order valence-electron chi connectivity index (χ3n) is 3.66. The van der Waals surface area contributed by atoms with Crippen LogP contribution >= 0.6 is 0 Å². The molecule has 1 aromatic carbocycles. The number of carbonyl (C=O) groups excluding carboxylic acids is 1. The van der Waals surface area contributed by atoms with Crippen molar-refractivity contribution in [2.75, 3.05) is 18.9 Å². The number of carbonyl (C=O) groups is 1. The number of nitrogens with two attached hydrogens (primary N) is 1. The van der Waals surface area contributed by atoms with Crippen LogP contribution in [0.4, 0.5) is 5.69 Å². The monoisotopic (exact) mass is 295 g/mol. The molecule has 1 heterocycles. The van der Waals surface area contributed by atoms with E-state index in [1.54, 1.807) is 24.3 Å². The van der Waals surface area contributed by atoms with Gasteiger partial charge in [0.05, 0.1) is 37.3 Å². The molecule has 0 unspecified atom stereocenters. The summed E-state index contributed by atoms with van der Waals surface area (Å²) >= 11 is 0. The maximum absolute atomic E-state index is 11.8. The molecule has 0 spiro atoms. The van der Waals surface area contributed by atoms with Crippen molar-refractivity contribution in [1.29, 1.82) is 0 Å². The largest absolute Gasteiger partial charge is 0.399 e. The highest BCUT2D eigenvalue weighted by atomic mass is 16.3. The van der Waals surface area contributed by atoms with Gasteiger partial charge in [-0.05, 0) is 17.7 Å². The first-order valence-corrected chi connectivity index (χ1v) is 6.85. The van der Waals surface area contributed by atoms with Gasteiger partial charge in [-0.15, -0.1) is 0 Å². The van der Waals surface area contributed by atoms with E-state index in [1.165, 1.54) is 0 Å². The zero-order valence-electron chi connectivity index (χ0n) is 11.6. The predicted molar refractivity (Wildman–Crippen MR) is 77.4 cm³/mol. The molecular formula is C14H21N3O4. The smallest absolute Gasteiger partial charge is 0.224 e. The van der Waals surface area contributed by atoms with Crippen molar-refractivity contribution in [2.45, 2.75) is 30.7 Å². The van der Waals surface area contributed by atoms with Gasteiger partial charge in [-0.2, -0.15) is 0 Å². The molecular weight excluding hydrogens is 274 g/mol. The van der Waals surface area contributed by atoms with Gasteiger partial charge < -0.3 is 31.7 Å². The Balaban J connectivity index is 1.80. The van der Waals surface area contributed by atoms with Crippen LogP contribution in [0.2, 0.25) is 0 Å². The summed E-state index contributed by atoms with van der Waals surface area (Å²) in [7, 11) is 0. The second-order valence-corrected chi connectivity index (χ2v) is 5.27. The Morgan fingerprint density at radius 2 is 1.81 bits per heavy atom. The molecule has 116 valence electrons. The first-order valence-electron chi connectivity index (χ1n) is 6.85. The highest BCUT2D eigenvalue weighted by Gasteiger charge is 2.40. The minimum absolute atomic E-state index is 0.183. The van der Waals surface area contributed by atoms with Crippen LogP contribution < -0.4 is 16.4 Å². The first-order chi connectivity index (χ1) is 10.0. The maximum atomic E-state index is 11.8. The van der Waals surface area contributed by atoms with Gasteiger partial charge in [-0.3, -0.25) is 4.79 Å². The highest BCUT2D eigenvalue weighted by molar-refractivity contribution is 5.78. The molecule has 0 saturated carbocycles. The van der Waals surface area contributed by atoms with E-state index in [0.717, 1.165) is 5.56 Å². The lowest BCUT2D eigenvalue weighted by atomic mass is 10.1. The molecule has 0 bridgehead atoms. The van der Waals surface area contributed by atoms with Crippen LogP contribution in [0, 0.1) is 0 Å². The Morgan fingerprint density at radius 3 is 2.38 bits per heavy atom. The summed E-state index contributed by atoms with van der Waals surface area (Å²) in [6.07, 6.45) is -1.83. The van der Waals surface area contributed by atoms with Gasteiger partial charge in [-0.1, -0.05) is 12.1 Å². The van der Waals surface area contributed by atoms with Gasteiger partial charge in [0.15, 0.2) is 0 Å². The average Bonchev–Trinajstić information content (AvgIpc) is 2.75. The summed E-state index contributed by atoms with van der Waals surface area (Å²) in [5.74, 6) is -0.185. The number of aliphatic hydroxyl groups is 3. The summed E-state index contributed by atoms with van der Waals surface area (Å²) in [5, 5.41) is 34.1. The Bertz CT molecular complexity index is 480. The fraction of sp³-hybridized carbons (Fsp3) is 0.500. The van der Waals surface area contributed by atoms with E-state index in [4.69, 9.17) is 10.8 Å². The second kappa shape index (κ2) is 6.86. The van der Waals surface area contributed by atoms with Crippen LogP contribution in [-0.4, -0.2) is 58.7 Å². The Morgan fingerprint density at radius 1 is 1.19 bits per heavy atom. The van der Waals surface area contributed by atoms with Crippen molar-refractivity contribution >= 4 is 11.6 Å². The molecule has 1 saturated heterocycles. The van der Waals surface area contributed by atoms with Gasteiger partial charge in [0.1, 0.15) is 0 Å². The molecule has 1 amide bonds. The number of anilines is 1. The van der Waals surface area contributed by atoms with E-state index < -0.39 is 24.3 Å². The Kier molecular flexibility index (Phi) is 5.13. The predicted octanol–water partition coefficient (Wildman–Crippen LogP) is -2.02. The van der Waals surface area contributed by atoms with Gasteiger partial charge >= 0.3 is 0 Å². The van der Waals surface area contributed by atoms with Crippen LogP contribution in [0.1, 0.15) is 5.56 Å². The minimum Gasteiger partial charge on any atom is -0.399 e. The molecule has 1 aliphatic rings. The minimum atomic E-state index is -1.03. The summed E-state index contributed by atoms with van der Waals surface area (Å²) in [5.41, 5.74) is 7.06. The van der Waals surface area contributed by atoms with Gasteiger partial charge in [-0.25, -0.2) is 0 Å². The lowest BCUT2D eigenvalue weighted by Gasteiger charge is -2.16. The van der Waals surface area contributed by atoms with Crippen LogP contribution in [-0.2, 0) is 11.2 Å². The molecule has 0 radical (unpaired) electrons.